The Hall–Kier alpha value is -3.61. The highest BCUT2D eigenvalue weighted by Crippen LogP contribution is 2.24. The van der Waals surface area contributed by atoms with Gasteiger partial charge in [0, 0.05) is 17.3 Å². The minimum Gasteiger partial charge on any atom is -0.490 e. The maximum Gasteiger partial charge on any atom is 0.294 e. The number of nitrogens with zero attached hydrogens (tertiary/aromatic N) is 2. The average molecular weight is 406 g/mol. The monoisotopic (exact) mass is 406 g/mol. The van der Waals surface area contributed by atoms with E-state index in [2.05, 4.69) is 15.7 Å². The summed E-state index contributed by atoms with van der Waals surface area (Å²) in [6.45, 7) is 6.39. The molecule has 156 valence electrons. The molecule has 1 aromatic heterocycles. The van der Waals surface area contributed by atoms with Gasteiger partial charge in [-0.15, -0.1) is 0 Å². The van der Waals surface area contributed by atoms with Crippen LogP contribution >= 0.6 is 0 Å². The van der Waals surface area contributed by atoms with Crippen LogP contribution in [0.5, 0.6) is 5.75 Å². The average Bonchev–Trinajstić information content (AvgIpc) is 2.73. The first kappa shape index (κ1) is 21.1. The molecule has 0 atom stereocenters. The van der Waals surface area contributed by atoms with E-state index in [9.17, 15) is 9.59 Å². The van der Waals surface area contributed by atoms with Crippen molar-refractivity contribution >= 4 is 17.3 Å². The van der Waals surface area contributed by atoms with Gasteiger partial charge >= 0.3 is 0 Å². The lowest BCUT2D eigenvalue weighted by molar-refractivity contribution is 0.0943. The summed E-state index contributed by atoms with van der Waals surface area (Å²) in [6, 6.07) is 16.7. The molecule has 0 unspecified atom stereocenters. The van der Waals surface area contributed by atoms with Crippen LogP contribution in [0.1, 0.15) is 36.7 Å². The molecule has 0 fully saturated rings. The number of hydrogen-bond acceptors (Lipinski definition) is 5. The Labute approximate surface area is 175 Å². The number of carbonyl (C=O) groups is 1. The van der Waals surface area contributed by atoms with Gasteiger partial charge in [0.1, 0.15) is 0 Å². The quantitative estimate of drug-likeness (QED) is 0.597. The third-order valence-corrected chi connectivity index (χ3v) is 4.30. The lowest BCUT2D eigenvalue weighted by atomic mass is 10.1. The molecule has 0 aliphatic heterocycles. The van der Waals surface area contributed by atoms with Crippen LogP contribution in [0.25, 0.3) is 0 Å². The Bertz CT molecular complexity index is 1060. The summed E-state index contributed by atoms with van der Waals surface area (Å²) in [5, 5.41) is 10.2. The van der Waals surface area contributed by atoms with E-state index in [1.54, 1.807) is 24.3 Å². The minimum atomic E-state index is -0.304. The van der Waals surface area contributed by atoms with Crippen LogP contribution in [0.4, 0.5) is 11.4 Å². The van der Waals surface area contributed by atoms with Crippen molar-refractivity contribution < 1.29 is 9.53 Å². The van der Waals surface area contributed by atoms with Crippen LogP contribution in [0, 0.1) is 0 Å². The Morgan fingerprint density at radius 2 is 1.90 bits per heavy atom. The molecule has 3 aromatic rings. The van der Waals surface area contributed by atoms with E-state index in [0.29, 0.717) is 30.2 Å². The van der Waals surface area contributed by atoms with Gasteiger partial charge in [-0.25, -0.2) is 4.68 Å². The van der Waals surface area contributed by atoms with Crippen molar-refractivity contribution in [1.82, 2.24) is 15.1 Å². The lowest BCUT2D eigenvalue weighted by Gasteiger charge is -2.15. The Balaban J connectivity index is 1.93. The van der Waals surface area contributed by atoms with Crippen LogP contribution in [-0.2, 0) is 6.54 Å². The van der Waals surface area contributed by atoms with Crippen molar-refractivity contribution in [3.8, 4) is 5.75 Å². The standard InChI is InChI=1S/C23H26N4O3/c1-4-30-20-14-24-27(15-17-9-6-5-7-10-17)23(29)21(20)26-19-12-8-11-18(13-19)22(28)25-16(2)3/h5-14,16,26H,4,15H2,1-3H3,(H,25,28). The molecule has 2 aromatic carbocycles. The number of hydrogen-bond donors (Lipinski definition) is 2. The molecule has 0 bridgehead atoms. The zero-order valence-corrected chi connectivity index (χ0v) is 17.4. The van der Waals surface area contributed by atoms with Crippen molar-refractivity contribution in [2.24, 2.45) is 0 Å². The smallest absolute Gasteiger partial charge is 0.294 e. The number of amides is 1. The zero-order chi connectivity index (χ0) is 21.5. The van der Waals surface area contributed by atoms with Gasteiger partial charge in [0.2, 0.25) is 0 Å². The van der Waals surface area contributed by atoms with Crippen LogP contribution < -0.4 is 20.9 Å². The molecular formula is C23H26N4O3. The van der Waals surface area contributed by atoms with Gasteiger partial charge in [-0.3, -0.25) is 9.59 Å². The van der Waals surface area contributed by atoms with Crippen LogP contribution in [0.3, 0.4) is 0 Å². The molecule has 0 radical (unpaired) electrons. The molecule has 3 rings (SSSR count). The maximum absolute atomic E-state index is 13.1. The molecule has 1 heterocycles. The van der Waals surface area contributed by atoms with Crippen molar-refractivity contribution in [3.63, 3.8) is 0 Å². The number of aromatic nitrogens is 2. The highest BCUT2D eigenvalue weighted by atomic mass is 16.5. The second-order valence-corrected chi connectivity index (χ2v) is 7.10. The van der Waals surface area contributed by atoms with E-state index in [1.807, 2.05) is 51.1 Å². The third kappa shape index (κ3) is 5.26. The van der Waals surface area contributed by atoms with Crippen LogP contribution in [0.2, 0.25) is 0 Å². The molecule has 0 aliphatic rings. The number of carbonyl (C=O) groups excluding carboxylic acids is 1. The third-order valence-electron chi connectivity index (χ3n) is 4.30. The zero-order valence-electron chi connectivity index (χ0n) is 17.4. The van der Waals surface area contributed by atoms with Crippen molar-refractivity contribution in [2.75, 3.05) is 11.9 Å². The summed E-state index contributed by atoms with van der Waals surface area (Å²) in [5.41, 5.74) is 2.06. The van der Waals surface area contributed by atoms with Crippen molar-refractivity contribution in [2.45, 2.75) is 33.4 Å². The highest BCUT2D eigenvalue weighted by molar-refractivity contribution is 5.95. The fourth-order valence-corrected chi connectivity index (χ4v) is 2.95. The van der Waals surface area contributed by atoms with E-state index in [-0.39, 0.29) is 23.2 Å². The topological polar surface area (TPSA) is 85.2 Å². The second kappa shape index (κ2) is 9.73. The SMILES string of the molecule is CCOc1cnn(Cc2ccccc2)c(=O)c1Nc1cccc(C(=O)NC(C)C)c1. The fourth-order valence-electron chi connectivity index (χ4n) is 2.95. The first-order chi connectivity index (χ1) is 14.5. The molecule has 0 spiro atoms. The largest absolute Gasteiger partial charge is 0.490 e. The first-order valence-electron chi connectivity index (χ1n) is 9.92. The maximum atomic E-state index is 13.1. The summed E-state index contributed by atoms with van der Waals surface area (Å²) < 4.78 is 6.99. The van der Waals surface area contributed by atoms with E-state index >= 15 is 0 Å². The predicted molar refractivity (Wildman–Crippen MR) is 118 cm³/mol. The van der Waals surface area contributed by atoms with Crippen LogP contribution in [0.15, 0.2) is 65.6 Å². The van der Waals surface area contributed by atoms with E-state index in [1.165, 1.54) is 10.9 Å². The van der Waals surface area contributed by atoms with E-state index in [4.69, 9.17) is 4.74 Å². The summed E-state index contributed by atoms with van der Waals surface area (Å²) in [6.07, 6.45) is 1.53. The number of ether oxygens (including phenoxy) is 1. The van der Waals surface area contributed by atoms with Gasteiger partial charge in [-0.05, 0) is 44.5 Å². The van der Waals surface area contributed by atoms with Gasteiger partial charge < -0.3 is 15.4 Å². The molecule has 0 aliphatic carbocycles. The van der Waals surface area contributed by atoms with Gasteiger partial charge in [-0.1, -0.05) is 36.4 Å². The van der Waals surface area contributed by atoms with Crippen molar-refractivity contribution in [1.29, 1.82) is 0 Å². The Morgan fingerprint density at radius 1 is 1.13 bits per heavy atom. The second-order valence-electron chi connectivity index (χ2n) is 7.10. The molecular weight excluding hydrogens is 380 g/mol. The molecule has 2 N–H and O–H groups in total. The van der Waals surface area contributed by atoms with Gasteiger partial charge in [0.05, 0.1) is 19.3 Å². The Kier molecular flexibility index (Phi) is 6.85. The van der Waals surface area contributed by atoms with Crippen molar-refractivity contribution in [3.05, 3.63) is 82.3 Å². The first-order valence-corrected chi connectivity index (χ1v) is 9.92. The summed E-state index contributed by atoms with van der Waals surface area (Å²) >= 11 is 0. The predicted octanol–water partition coefficient (Wildman–Crippen LogP) is 3.57. The molecule has 7 nitrogen and oxygen atoms in total. The highest BCUT2D eigenvalue weighted by Gasteiger charge is 2.15. The molecule has 0 saturated carbocycles. The Morgan fingerprint density at radius 3 is 2.60 bits per heavy atom. The molecule has 7 heteroatoms. The minimum absolute atomic E-state index is 0.0315. The molecule has 1 amide bonds. The summed E-state index contributed by atoms with van der Waals surface area (Å²) in [5.74, 6) is 0.193. The number of anilines is 2. The normalized spacial score (nSPS) is 10.7. The van der Waals surface area contributed by atoms with E-state index in [0.717, 1.165) is 5.56 Å². The summed E-state index contributed by atoms with van der Waals surface area (Å²) in [7, 11) is 0. The van der Waals surface area contributed by atoms with Crippen LogP contribution in [-0.4, -0.2) is 28.3 Å². The molecule has 0 saturated heterocycles. The fraction of sp³-hybridized carbons (Fsp3) is 0.261. The molecule has 30 heavy (non-hydrogen) atoms. The van der Waals surface area contributed by atoms with E-state index < -0.39 is 0 Å². The number of benzene rings is 2. The number of nitrogens with one attached hydrogen (secondary N) is 2. The number of rotatable bonds is 8. The van der Waals surface area contributed by atoms with Gasteiger partial charge in [-0.2, -0.15) is 5.10 Å². The lowest BCUT2D eigenvalue weighted by Crippen LogP contribution is -2.30. The van der Waals surface area contributed by atoms with Gasteiger partial charge in [0.25, 0.3) is 11.5 Å². The summed E-state index contributed by atoms with van der Waals surface area (Å²) in [4.78, 5) is 25.4. The van der Waals surface area contributed by atoms with Gasteiger partial charge in [0.15, 0.2) is 11.4 Å².